The van der Waals surface area contributed by atoms with Gasteiger partial charge in [0.15, 0.2) is 0 Å². The normalized spacial score (nSPS) is 13.3. The number of esters is 1. The summed E-state index contributed by atoms with van der Waals surface area (Å²) in [6.45, 7) is 5.21. The monoisotopic (exact) mass is 520 g/mol. The van der Waals surface area contributed by atoms with E-state index in [2.05, 4.69) is 29.6 Å². The zero-order valence-corrected chi connectivity index (χ0v) is 21.6. The molecule has 192 valence electrons. The van der Waals surface area contributed by atoms with E-state index in [1.807, 2.05) is 24.3 Å². The van der Waals surface area contributed by atoms with Crippen LogP contribution >= 0.6 is 11.8 Å². The molecule has 8 nitrogen and oxygen atoms in total. The number of nitrogens with zero attached hydrogens (tertiary/aromatic N) is 1. The molecule has 0 saturated carbocycles. The zero-order valence-electron chi connectivity index (χ0n) is 20.8. The number of carbonyl (C=O) groups is 2. The maximum Gasteiger partial charge on any atom is 0.408 e. The van der Waals surface area contributed by atoms with Gasteiger partial charge in [0.05, 0.1) is 4.92 Å². The van der Waals surface area contributed by atoms with Crippen LogP contribution in [-0.2, 0) is 9.53 Å². The molecule has 0 aromatic heterocycles. The molecule has 0 saturated heterocycles. The summed E-state index contributed by atoms with van der Waals surface area (Å²) in [5.74, 6) is 0.581. The maximum absolute atomic E-state index is 13.0. The van der Waals surface area contributed by atoms with Gasteiger partial charge in [0.1, 0.15) is 17.4 Å². The average Bonchev–Trinajstić information content (AvgIpc) is 3.16. The van der Waals surface area contributed by atoms with Crippen LogP contribution in [0.2, 0.25) is 0 Å². The summed E-state index contributed by atoms with van der Waals surface area (Å²) in [7, 11) is 0. The van der Waals surface area contributed by atoms with Gasteiger partial charge in [-0.2, -0.15) is 11.8 Å². The van der Waals surface area contributed by atoms with E-state index in [1.165, 1.54) is 58.3 Å². The van der Waals surface area contributed by atoms with Crippen molar-refractivity contribution in [1.82, 2.24) is 5.32 Å². The van der Waals surface area contributed by atoms with E-state index in [0.717, 1.165) is 0 Å². The van der Waals surface area contributed by atoms with E-state index < -0.39 is 28.6 Å². The fourth-order valence-corrected chi connectivity index (χ4v) is 5.37. The molecule has 0 heterocycles. The van der Waals surface area contributed by atoms with Gasteiger partial charge in [-0.15, -0.1) is 0 Å². The lowest BCUT2D eigenvalue weighted by molar-refractivity contribution is -0.384. The van der Waals surface area contributed by atoms with Crippen LogP contribution < -0.4 is 10.1 Å². The Labute approximate surface area is 219 Å². The fraction of sp³-hybridized carbons (Fsp3) is 0.286. The first-order chi connectivity index (χ1) is 17.6. The number of hydrogen-bond donors (Lipinski definition) is 1. The third-order valence-electron chi connectivity index (χ3n) is 5.77. The van der Waals surface area contributed by atoms with Crippen LogP contribution in [0, 0.1) is 10.1 Å². The molecule has 9 heteroatoms. The van der Waals surface area contributed by atoms with E-state index in [1.54, 1.807) is 20.8 Å². The second kappa shape index (κ2) is 11.0. The molecule has 1 aliphatic rings. The molecule has 0 radical (unpaired) electrons. The van der Waals surface area contributed by atoms with E-state index in [4.69, 9.17) is 9.47 Å². The highest BCUT2D eigenvalue weighted by Crippen LogP contribution is 2.45. The summed E-state index contributed by atoms with van der Waals surface area (Å²) < 4.78 is 10.8. The second-order valence-corrected chi connectivity index (χ2v) is 10.7. The Morgan fingerprint density at radius 1 is 0.973 bits per heavy atom. The first kappa shape index (κ1) is 26.2. The van der Waals surface area contributed by atoms with Gasteiger partial charge in [-0.1, -0.05) is 48.5 Å². The number of thioether (sulfide) groups is 1. The van der Waals surface area contributed by atoms with Crippen LogP contribution in [0.25, 0.3) is 11.1 Å². The zero-order chi connectivity index (χ0) is 26.6. The minimum Gasteiger partial charge on any atom is -0.444 e. The van der Waals surface area contributed by atoms with Crippen LogP contribution in [0.4, 0.5) is 10.5 Å². The number of ether oxygens (including phenoxy) is 2. The molecule has 0 spiro atoms. The number of benzene rings is 3. The minimum atomic E-state index is -0.984. The number of nitrogens with one attached hydrogen (secondary N) is 1. The summed E-state index contributed by atoms with van der Waals surface area (Å²) in [5, 5.41) is 13.5. The topological polar surface area (TPSA) is 108 Å². The van der Waals surface area contributed by atoms with E-state index in [0.29, 0.717) is 5.75 Å². The molecule has 4 rings (SSSR count). The Hall–Kier alpha value is -3.85. The molecule has 0 unspecified atom stereocenters. The van der Waals surface area contributed by atoms with Crippen LogP contribution in [0.5, 0.6) is 5.75 Å². The van der Waals surface area contributed by atoms with Crippen molar-refractivity contribution in [3.8, 4) is 16.9 Å². The summed E-state index contributed by atoms with van der Waals surface area (Å²) in [4.78, 5) is 35.8. The highest BCUT2D eigenvalue weighted by Gasteiger charge is 2.30. The summed E-state index contributed by atoms with van der Waals surface area (Å²) in [6.07, 6.45) is -0.727. The molecule has 1 N–H and O–H groups in total. The Balaban J connectivity index is 1.46. The summed E-state index contributed by atoms with van der Waals surface area (Å²) >= 11 is 1.53. The third kappa shape index (κ3) is 6.48. The molecule has 3 aromatic carbocycles. The Kier molecular flexibility index (Phi) is 7.83. The van der Waals surface area contributed by atoms with Crippen LogP contribution in [0.15, 0.2) is 72.8 Å². The molecule has 3 aromatic rings. The van der Waals surface area contributed by atoms with Gasteiger partial charge in [-0.25, -0.2) is 9.59 Å². The molecular weight excluding hydrogens is 492 g/mol. The highest BCUT2D eigenvalue weighted by molar-refractivity contribution is 7.99. The smallest absolute Gasteiger partial charge is 0.408 e. The summed E-state index contributed by atoms with van der Waals surface area (Å²) in [6, 6.07) is 20.8. The Bertz CT molecular complexity index is 1260. The van der Waals surface area contributed by atoms with E-state index in [-0.39, 0.29) is 23.1 Å². The van der Waals surface area contributed by atoms with E-state index >= 15 is 0 Å². The van der Waals surface area contributed by atoms with Crippen molar-refractivity contribution < 1.29 is 24.0 Å². The van der Waals surface area contributed by atoms with Gasteiger partial charge < -0.3 is 14.8 Å². The minimum absolute atomic E-state index is 0.115. The Morgan fingerprint density at radius 2 is 1.54 bits per heavy atom. The van der Waals surface area contributed by atoms with Gasteiger partial charge in [0.25, 0.3) is 5.69 Å². The number of fused-ring (bicyclic) bond motifs is 3. The number of rotatable bonds is 8. The molecular formula is C28H28N2O6S. The standard InChI is InChI=1S/C28H28N2O6S/c1-28(2,3)36-27(32)29-25(26(31)35-19-14-12-18(13-15-19)30(33)34)17-37-16-24-22-10-6-4-8-20(22)21-9-5-7-11-23(21)24/h4-15,24-25H,16-17H2,1-3H3,(H,29,32)/t25-/m0/s1. The number of nitro groups is 1. The van der Waals surface area contributed by atoms with Crippen molar-refractivity contribution in [1.29, 1.82) is 0 Å². The molecule has 1 atom stereocenters. The van der Waals surface area contributed by atoms with Crippen molar-refractivity contribution in [3.63, 3.8) is 0 Å². The van der Waals surface area contributed by atoms with E-state index in [9.17, 15) is 19.7 Å². The quantitative estimate of drug-likeness (QED) is 0.169. The fourth-order valence-electron chi connectivity index (χ4n) is 4.18. The number of alkyl carbamates (subject to hydrolysis) is 1. The first-order valence-corrected chi connectivity index (χ1v) is 13.0. The second-order valence-electron chi connectivity index (χ2n) is 9.64. The van der Waals surface area contributed by atoms with Crippen LogP contribution in [0.3, 0.4) is 0 Å². The van der Waals surface area contributed by atoms with Crippen molar-refractivity contribution in [2.75, 3.05) is 11.5 Å². The van der Waals surface area contributed by atoms with Gasteiger partial charge in [0, 0.05) is 29.6 Å². The largest absolute Gasteiger partial charge is 0.444 e. The van der Waals surface area contributed by atoms with Gasteiger partial charge in [0.2, 0.25) is 0 Å². The van der Waals surface area contributed by atoms with Gasteiger partial charge in [-0.3, -0.25) is 10.1 Å². The molecule has 0 aliphatic heterocycles. The highest BCUT2D eigenvalue weighted by atomic mass is 32.2. The molecule has 1 aliphatic carbocycles. The predicted octanol–water partition coefficient (Wildman–Crippen LogP) is 5.94. The predicted molar refractivity (Wildman–Crippen MR) is 143 cm³/mol. The molecule has 1 amide bonds. The van der Waals surface area contributed by atoms with Crippen LogP contribution in [0.1, 0.15) is 37.8 Å². The van der Waals surface area contributed by atoms with Crippen LogP contribution in [-0.4, -0.2) is 40.1 Å². The van der Waals surface area contributed by atoms with Crippen molar-refractivity contribution >= 4 is 29.5 Å². The first-order valence-electron chi connectivity index (χ1n) is 11.8. The third-order valence-corrected chi connectivity index (χ3v) is 6.91. The van der Waals surface area contributed by atoms with Gasteiger partial charge in [-0.05, 0) is 55.2 Å². The molecule has 37 heavy (non-hydrogen) atoms. The number of carbonyl (C=O) groups excluding carboxylic acids is 2. The van der Waals surface area contributed by atoms with Crippen molar-refractivity contribution in [2.24, 2.45) is 0 Å². The maximum atomic E-state index is 13.0. The number of hydrogen-bond acceptors (Lipinski definition) is 7. The lowest BCUT2D eigenvalue weighted by atomic mass is 9.99. The SMILES string of the molecule is CC(C)(C)OC(=O)N[C@@H](CSCC1c2ccccc2-c2ccccc21)C(=O)Oc1ccc([N+](=O)[O-])cc1. The number of non-ortho nitro benzene ring substituents is 1. The molecule has 0 bridgehead atoms. The number of amides is 1. The van der Waals surface area contributed by atoms with Crippen molar-refractivity contribution in [3.05, 3.63) is 94.0 Å². The lowest BCUT2D eigenvalue weighted by Crippen LogP contribution is -2.46. The average molecular weight is 521 g/mol. The Morgan fingerprint density at radius 3 is 2.08 bits per heavy atom. The van der Waals surface area contributed by atoms with Crippen molar-refractivity contribution in [2.45, 2.75) is 38.3 Å². The summed E-state index contributed by atoms with van der Waals surface area (Å²) in [5.41, 5.74) is 4.05. The molecule has 0 fully saturated rings. The number of nitro benzene ring substituents is 1. The van der Waals surface area contributed by atoms with Gasteiger partial charge >= 0.3 is 12.1 Å². The lowest BCUT2D eigenvalue weighted by Gasteiger charge is -2.23.